The summed E-state index contributed by atoms with van der Waals surface area (Å²) in [6.07, 6.45) is 0.463. The van der Waals surface area contributed by atoms with Crippen LogP contribution in [0.2, 0.25) is 0 Å². The van der Waals surface area contributed by atoms with Crippen molar-refractivity contribution in [2.45, 2.75) is 25.1 Å². The van der Waals surface area contributed by atoms with Crippen molar-refractivity contribution < 1.29 is 13.5 Å². The lowest BCUT2D eigenvalue weighted by Crippen LogP contribution is -2.39. The third-order valence-corrected chi connectivity index (χ3v) is 4.77. The molecule has 4 nitrogen and oxygen atoms in total. The van der Waals surface area contributed by atoms with Crippen molar-refractivity contribution in [2.24, 2.45) is 0 Å². The first kappa shape index (κ1) is 16.7. The number of aliphatic hydroxyl groups is 1. The lowest BCUT2D eigenvalue weighted by molar-refractivity contribution is 0.256. The highest BCUT2D eigenvalue weighted by Gasteiger charge is 2.18. The molecule has 2 rings (SSSR count). The standard InChI is InChI=1S/C17H21NO3S/c1-14-7-9-16(10-8-14)13-22(20,21)18-17(12-19)11-15-5-3-2-4-6-15/h2-10,17-19H,11-13H2,1H3. The van der Waals surface area contributed by atoms with Gasteiger partial charge in [0.15, 0.2) is 0 Å². The molecule has 22 heavy (non-hydrogen) atoms. The Bertz CT molecular complexity index is 682. The summed E-state index contributed by atoms with van der Waals surface area (Å²) >= 11 is 0. The van der Waals surface area contributed by atoms with Crippen LogP contribution in [0.25, 0.3) is 0 Å². The van der Waals surface area contributed by atoms with E-state index in [0.29, 0.717) is 6.42 Å². The molecule has 118 valence electrons. The fourth-order valence-electron chi connectivity index (χ4n) is 2.24. The van der Waals surface area contributed by atoms with Crippen LogP contribution < -0.4 is 4.72 Å². The Morgan fingerprint density at radius 3 is 2.23 bits per heavy atom. The molecule has 0 saturated carbocycles. The van der Waals surface area contributed by atoms with Gasteiger partial charge < -0.3 is 5.11 Å². The smallest absolute Gasteiger partial charge is 0.216 e. The van der Waals surface area contributed by atoms with Crippen molar-refractivity contribution in [3.63, 3.8) is 0 Å². The summed E-state index contributed by atoms with van der Waals surface area (Å²) in [6, 6.07) is 16.4. The molecule has 1 unspecified atom stereocenters. The van der Waals surface area contributed by atoms with Crippen LogP contribution in [0.4, 0.5) is 0 Å². The Kier molecular flexibility index (Phi) is 5.71. The fourth-order valence-corrected chi connectivity index (χ4v) is 3.62. The van der Waals surface area contributed by atoms with E-state index in [0.717, 1.165) is 16.7 Å². The van der Waals surface area contributed by atoms with Gasteiger partial charge in [0.05, 0.1) is 12.4 Å². The van der Waals surface area contributed by atoms with Crippen molar-refractivity contribution in [1.82, 2.24) is 4.72 Å². The van der Waals surface area contributed by atoms with E-state index < -0.39 is 16.1 Å². The lowest BCUT2D eigenvalue weighted by Gasteiger charge is -2.16. The van der Waals surface area contributed by atoms with E-state index in [2.05, 4.69) is 4.72 Å². The minimum absolute atomic E-state index is 0.0848. The zero-order valence-corrected chi connectivity index (χ0v) is 13.4. The molecule has 0 spiro atoms. The summed E-state index contributed by atoms with van der Waals surface area (Å²) in [5.74, 6) is -0.0848. The average Bonchev–Trinajstić information content (AvgIpc) is 2.49. The van der Waals surface area contributed by atoms with Gasteiger partial charge in [0.2, 0.25) is 10.0 Å². The molecule has 0 aliphatic rings. The van der Waals surface area contributed by atoms with Gasteiger partial charge in [-0.15, -0.1) is 0 Å². The minimum atomic E-state index is -3.49. The third kappa shape index (κ3) is 5.26. The van der Waals surface area contributed by atoms with Gasteiger partial charge in [0.25, 0.3) is 0 Å². The summed E-state index contributed by atoms with van der Waals surface area (Å²) in [5, 5.41) is 9.43. The second-order valence-electron chi connectivity index (χ2n) is 5.43. The molecule has 0 bridgehead atoms. The first-order chi connectivity index (χ1) is 10.5. The first-order valence-corrected chi connectivity index (χ1v) is 8.84. The monoisotopic (exact) mass is 319 g/mol. The van der Waals surface area contributed by atoms with Gasteiger partial charge in [-0.1, -0.05) is 60.2 Å². The highest BCUT2D eigenvalue weighted by molar-refractivity contribution is 7.88. The second-order valence-corrected chi connectivity index (χ2v) is 7.19. The summed E-state index contributed by atoms with van der Waals surface area (Å²) in [6.45, 7) is 1.72. The maximum atomic E-state index is 12.2. The maximum absolute atomic E-state index is 12.2. The topological polar surface area (TPSA) is 66.4 Å². The van der Waals surface area contributed by atoms with Crippen LogP contribution in [0.5, 0.6) is 0 Å². The molecule has 0 heterocycles. The van der Waals surface area contributed by atoms with Gasteiger partial charge in [-0.05, 0) is 24.5 Å². The summed E-state index contributed by atoms with van der Waals surface area (Å²) in [5.41, 5.74) is 2.81. The number of aliphatic hydroxyl groups excluding tert-OH is 1. The van der Waals surface area contributed by atoms with E-state index in [1.807, 2.05) is 49.4 Å². The Morgan fingerprint density at radius 2 is 1.64 bits per heavy atom. The van der Waals surface area contributed by atoms with E-state index in [1.165, 1.54) is 0 Å². The Hall–Kier alpha value is -1.69. The third-order valence-electron chi connectivity index (χ3n) is 3.37. The zero-order chi connectivity index (χ0) is 16.0. The van der Waals surface area contributed by atoms with Gasteiger partial charge in [-0.25, -0.2) is 13.1 Å². The van der Waals surface area contributed by atoms with Gasteiger partial charge in [0.1, 0.15) is 0 Å². The van der Waals surface area contributed by atoms with Gasteiger partial charge >= 0.3 is 0 Å². The molecule has 5 heteroatoms. The first-order valence-electron chi connectivity index (χ1n) is 7.19. The van der Waals surface area contributed by atoms with Crippen LogP contribution in [0.3, 0.4) is 0 Å². The van der Waals surface area contributed by atoms with E-state index in [4.69, 9.17) is 0 Å². The van der Waals surface area contributed by atoms with Crippen molar-refractivity contribution in [2.75, 3.05) is 6.61 Å². The number of aryl methyl sites for hydroxylation is 1. The maximum Gasteiger partial charge on any atom is 0.216 e. The Morgan fingerprint density at radius 1 is 1.00 bits per heavy atom. The van der Waals surface area contributed by atoms with Crippen LogP contribution >= 0.6 is 0 Å². The molecular formula is C17H21NO3S. The highest BCUT2D eigenvalue weighted by Crippen LogP contribution is 2.09. The van der Waals surface area contributed by atoms with Crippen LogP contribution in [0.1, 0.15) is 16.7 Å². The average molecular weight is 319 g/mol. The summed E-state index contributed by atoms with van der Waals surface area (Å²) in [7, 11) is -3.49. The number of nitrogens with one attached hydrogen (secondary N) is 1. The second kappa shape index (κ2) is 7.54. The number of hydrogen-bond donors (Lipinski definition) is 2. The number of sulfonamides is 1. The van der Waals surface area contributed by atoms with E-state index in [9.17, 15) is 13.5 Å². The molecule has 0 fully saturated rings. The van der Waals surface area contributed by atoms with E-state index >= 15 is 0 Å². The largest absolute Gasteiger partial charge is 0.395 e. The van der Waals surface area contributed by atoms with Crippen LogP contribution in [-0.2, 0) is 22.2 Å². The van der Waals surface area contributed by atoms with Crippen molar-refractivity contribution >= 4 is 10.0 Å². The van der Waals surface area contributed by atoms with Gasteiger partial charge in [-0.2, -0.15) is 0 Å². The predicted molar refractivity (Wildman–Crippen MR) is 88.0 cm³/mol. The molecule has 0 saturated heterocycles. The molecule has 0 aromatic heterocycles. The normalized spacial score (nSPS) is 13.0. The molecule has 2 aromatic rings. The van der Waals surface area contributed by atoms with Crippen LogP contribution in [0, 0.1) is 6.92 Å². The molecule has 1 atom stereocenters. The van der Waals surface area contributed by atoms with Crippen LogP contribution in [-0.4, -0.2) is 26.2 Å². The van der Waals surface area contributed by atoms with Crippen molar-refractivity contribution in [3.05, 3.63) is 71.3 Å². The van der Waals surface area contributed by atoms with Gasteiger partial charge in [-0.3, -0.25) is 0 Å². The molecule has 0 aliphatic heterocycles. The zero-order valence-electron chi connectivity index (χ0n) is 12.6. The number of hydrogen-bond acceptors (Lipinski definition) is 3. The van der Waals surface area contributed by atoms with Crippen molar-refractivity contribution in [1.29, 1.82) is 0 Å². The molecule has 0 aliphatic carbocycles. The van der Waals surface area contributed by atoms with E-state index in [1.54, 1.807) is 12.1 Å². The number of benzene rings is 2. The minimum Gasteiger partial charge on any atom is -0.395 e. The van der Waals surface area contributed by atoms with E-state index in [-0.39, 0.29) is 12.4 Å². The SMILES string of the molecule is Cc1ccc(CS(=O)(=O)NC(CO)Cc2ccccc2)cc1. The Labute approximate surface area is 131 Å². The molecule has 0 radical (unpaired) electrons. The van der Waals surface area contributed by atoms with Gasteiger partial charge in [0, 0.05) is 6.04 Å². The summed E-state index contributed by atoms with van der Waals surface area (Å²) in [4.78, 5) is 0. The highest BCUT2D eigenvalue weighted by atomic mass is 32.2. The number of rotatable bonds is 7. The molecular weight excluding hydrogens is 298 g/mol. The quantitative estimate of drug-likeness (QED) is 0.820. The molecule has 2 N–H and O–H groups in total. The molecule has 2 aromatic carbocycles. The fraction of sp³-hybridized carbons (Fsp3) is 0.294. The van der Waals surface area contributed by atoms with Crippen molar-refractivity contribution in [3.8, 4) is 0 Å². The summed E-state index contributed by atoms with van der Waals surface area (Å²) < 4.78 is 27.0. The van der Waals surface area contributed by atoms with Crippen LogP contribution in [0.15, 0.2) is 54.6 Å². The Balaban J connectivity index is 2.01. The lowest BCUT2D eigenvalue weighted by atomic mass is 10.1. The molecule has 0 amide bonds. The predicted octanol–water partition coefficient (Wildman–Crippen LogP) is 2.02.